The van der Waals surface area contributed by atoms with E-state index in [4.69, 9.17) is 5.73 Å². The first-order valence-corrected chi connectivity index (χ1v) is 7.25. The molecule has 0 saturated carbocycles. The average Bonchev–Trinajstić information content (AvgIpc) is 2.42. The van der Waals surface area contributed by atoms with Crippen LogP contribution in [-0.4, -0.2) is 17.5 Å². The summed E-state index contributed by atoms with van der Waals surface area (Å²) in [5.41, 5.74) is 8.42. The van der Waals surface area contributed by atoms with Gasteiger partial charge in [0.25, 0.3) is 0 Å². The molecule has 100 valence electrons. The number of anilines is 1. The highest BCUT2D eigenvalue weighted by Crippen LogP contribution is 2.25. The fourth-order valence-electron chi connectivity index (χ4n) is 3.05. The maximum absolute atomic E-state index is 6.22. The van der Waals surface area contributed by atoms with Gasteiger partial charge in [0.15, 0.2) is 0 Å². The quantitative estimate of drug-likeness (QED) is 0.826. The molecule has 2 aromatic rings. The van der Waals surface area contributed by atoms with Crippen molar-refractivity contribution in [3.63, 3.8) is 0 Å². The molecular weight excluding hydrogens is 232 g/mol. The van der Waals surface area contributed by atoms with Crippen molar-refractivity contribution < 1.29 is 0 Å². The van der Waals surface area contributed by atoms with E-state index in [-0.39, 0.29) is 0 Å². The molecule has 1 saturated heterocycles. The minimum Gasteiger partial charge on any atom is -0.398 e. The fraction of sp³-hybridized carbons (Fsp3) is 0.412. The summed E-state index contributed by atoms with van der Waals surface area (Å²) in [4.78, 5) is 2.56. The molecule has 0 aromatic heterocycles. The maximum Gasteiger partial charge on any atom is 0.0366 e. The van der Waals surface area contributed by atoms with E-state index in [9.17, 15) is 0 Å². The van der Waals surface area contributed by atoms with Crippen LogP contribution >= 0.6 is 0 Å². The lowest BCUT2D eigenvalue weighted by Crippen LogP contribution is -2.36. The molecule has 1 unspecified atom stereocenters. The van der Waals surface area contributed by atoms with Crippen molar-refractivity contribution >= 4 is 16.5 Å². The lowest BCUT2D eigenvalue weighted by Gasteiger charge is -2.33. The molecule has 1 aliphatic heterocycles. The molecule has 2 nitrogen and oxygen atoms in total. The van der Waals surface area contributed by atoms with Crippen molar-refractivity contribution in [3.05, 3.63) is 42.0 Å². The number of nitrogens with zero attached hydrogens (tertiary/aromatic N) is 1. The van der Waals surface area contributed by atoms with Gasteiger partial charge in [0.1, 0.15) is 0 Å². The Morgan fingerprint density at radius 2 is 1.89 bits per heavy atom. The standard InChI is InChI=1S/C17H22N2/c1-13-6-4-5-9-19(13)12-16-10-14-7-2-3-8-15(14)11-17(16)18/h2-3,7-8,10-11,13H,4-6,9,12,18H2,1H3. The van der Waals surface area contributed by atoms with E-state index < -0.39 is 0 Å². The molecule has 1 atom stereocenters. The molecule has 1 heterocycles. The zero-order valence-corrected chi connectivity index (χ0v) is 11.6. The third kappa shape index (κ3) is 2.59. The van der Waals surface area contributed by atoms with Gasteiger partial charge >= 0.3 is 0 Å². The van der Waals surface area contributed by atoms with Gasteiger partial charge < -0.3 is 5.73 Å². The minimum atomic E-state index is 0.680. The topological polar surface area (TPSA) is 29.3 Å². The summed E-state index contributed by atoms with van der Waals surface area (Å²) in [5.74, 6) is 0. The normalized spacial score (nSPS) is 20.8. The Morgan fingerprint density at radius 3 is 2.63 bits per heavy atom. The van der Waals surface area contributed by atoms with Gasteiger partial charge in [-0.3, -0.25) is 4.90 Å². The van der Waals surface area contributed by atoms with E-state index in [1.165, 1.54) is 42.1 Å². The molecule has 0 radical (unpaired) electrons. The van der Waals surface area contributed by atoms with Gasteiger partial charge in [0.2, 0.25) is 0 Å². The first kappa shape index (κ1) is 12.5. The van der Waals surface area contributed by atoms with E-state index in [2.05, 4.69) is 48.2 Å². The van der Waals surface area contributed by atoms with Crippen LogP contribution in [0, 0.1) is 0 Å². The molecule has 0 aliphatic carbocycles. The van der Waals surface area contributed by atoms with Crippen LogP contribution in [-0.2, 0) is 6.54 Å². The molecule has 3 rings (SSSR count). The third-order valence-electron chi connectivity index (χ3n) is 4.32. The predicted molar refractivity (Wildman–Crippen MR) is 82.1 cm³/mol. The number of nitrogens with two attached hydrogens (primary N) is 1. The first-order valence-electron chi connectivity index (χ1n) is 7.25. The largest absolute Gasteiger partial charge is 0.398 e. The van der Waals surface area contributed by atoms with E-state index in [1.54, 1.807) is 0 Å². The van der Waals surface area contributed by atoms with E-state index >= 15 is 0 Å². The Morgan fingerprint density at radius 1 is 1.16 bits per heavy atom. The minimum absolute atomic E-state index is 0.680. The monoisotopic (exact) mass is 254 g/mol. The molecule has 2 aromatic carbocycles. The number of benzene rings is 2. The predicted octanol–water partition coefficient (Wildman–Crippen LogP) is 3.80. The van der Waals surface area contributed by atoms with Gasteiger partial charge in [-0.2, -0.15) is 0 Å². The number of fused-ring (bicyclic) bond motifs is 1. The second kappa shape index (κ2) is 5.22. The van der Waals surface area contributed by atoms with Crippen LogP contribution in [0.3, 0.4) is 0 Å². The van der Waals surface area contributed by atoms with Crippen LogP contribution in [0.4, 0.5) is 5.69 Å². The van der Waals surface area contributed by atoms with Crippen molar-refractivity contribution in [2.75, 3.05) is 12.3 Å². The number of nitrogen functional groups attached to an aromatic ring is 1. The van der Waals surface area contributed by atoms with Crippen LogP contribution in [0.15, 0.2) is 36.4 Å². The highest BCUT2D eigenvalue weighted by molar-refractivity contribution is 5.86. The van der Waals surface area contributed by atoms with Crippen molar-refractivity contribution in [2.24, 2.45) is 0 Å². The highest BCUT2D eigenvalue weighted by atomic mass is 15.2. The van der Waals surface area contributed by atoms with Crippen LogP contribution < -0.4 is 5.73 Å². The highest BCUT2D eigenvalue weighted by Gasteiger charge is 2.19. The SMILES string of the molecule is CC1CCCCN1Cc1cc2ccccc2cc1N. The number of rotatable bonds is 2. The zero-order valence-electron chi connectivity index (χ0n) is 11.6. The molecular formula is C17H22N2. The molecule has 2 heteroatoms. The summed E-state index contributed by atoms with van der Waals surface area (Å²) in [7, 11) is 0. The summed E-state index contributed by atoms with van der Waals surface area (Å²) in [5, 5.41) is 2.52. The van der Waals surface area contributed by atoms with Gasteiger partial charge in [0, 0.05) is 18.3 Å². The van der Waals surface area contributed by atoms with Crippen LogP contribution in [0.5, 0.6) is 0 Å². The van der Waals surface area contributed by atoms with Crippen molar-refractivity contribution in [1.82, 2.24) is 4.90 Å². The van der Waals surface area contributed by atoms with Gasteiger partial charge in [-0.05, 0) is 54.8 Å². The molecule has 2 N–H and O–H groups in total. The molecule has 1 fully saturated rings. The smallest absolute Gasteiger partial charge is 0.0366 e. The number of hydrogen-bond donors (Lipinski definition) is 1. The summed E-state index contributed by atoms with van der Waals surface area (Å²) < 4.78 is 0. The molecule has 0 amide bonds. The molecule has 1 aliphatic rings. The molecule has 0 bridgehead atoms. The van der Waals surface area contributed by atoms with Crippen molar-refractivity contribution in [3.8, 4) is 0 Å². The lowest BCUT2D eigenvalue weighted by molar-refractivity contribution is 0.153. The van der Waals surface area contributed by atoms with Crippen molar-refractivity contribution in [1.29, 1.82) is 0 Å². The second-order valence-electron chi connectivity index (χ2n) is 5.71. The summed E-state index contributed by atoms with van der Waals surface area (Å²) in [6.07, 6.45) is 4.00. The van der Waals surface area contributed by atoms with E-state index in [0.717, 1.165) is 12.2 Å². The zero-order chi connectivity index (χ0) is 13.2. The molecule has 19 heavy (non-hydrogen) atoms. The number of likely N-dealkylation sites (tertiary alicyclic amines) is 1. The van der Waals surface area contributed by atoms with Crippen molar-refractivity contribution in [2.45, 2.75) is 38.8 Å². The van der Waals surface area contributed by atoms with Gasteiger partial charge in [0.05, 0.1) is 0 Å². The van der Waals surface area contributed by atoms with Crippen LogP contribution in [0.1, 0.15) is 31.7 Å². The first-order chi connectivity index (χ1) is 9.24. The second-order valence-corrected chi connectivity index (χ2v) is 5.71. The number of piperidine rings is 1. The Labute approximate surface area is 115 Å². The van der Waals surface area contributed by atoms with E-state index in [0.29, 0.717) is 6.04 Å². The maximum atomic E-state index is 6.22. The average molecular weight is 254 g/mol. The van der Waals surface area contributed by atoms with Gasteiger partial charge in [-0.1, -0.05) is 30.7 Å². The van der Waals surface area contributed by atoms with Crippen LogP contribution in [0.25, 0.3) is 10.8 Å². The molecule has 0 spiro atoms. The van der Waals surface area contributed by atoms with Gasteiger partial charge in [-0.15, -0.1) is 0 Å². The summed E-state index contributed by atoms with van der Waals surface area (Å²) >= 11 is 0. The Hall–Kier alpha value is -1.54. The summed E-state index contributed by atoms with van der Waals surface area (Å²) in [6.45, 7) is 4.52. The van der Waals surface area contributed by atoms with E-state index in [1.807, 2.05) is 0 Å². The van der Waals surface area contributed by atoms with Gasteiger partial charge in [-0.25, -0.2) is 0 Å². The summed E-state index contributed by atoms with van der Waals surface area (Å²) in [6, 6.07) is 13.5. The van der Waals surface area contributed by atoms with Crippen LogP contribution in [0.2, 0.25) is 0 Å². The number of hydrogen-bond acceptors (Lipinski definition) is 2. The third-order valence-corrected chi connectivity index (χ3v) is 4.32. The Bertz CT molecular complexity index is 576. The fourth-order valence-corrected chi connectivity index (χ4v) is 3.05. The lowest BCUT2D eigenvalue weighted by atomic mass is 10.0. The Kier molecular flexibility index (Phi) is 3.43. The Balaban J connectivity index is 1.89.